The van der Waals surface area contributed by atoms with Crippen molar-refractivity contribution in [2.45, 2.75) is 6.42 Å². The quantitative estimate of drug-likeness (QED) is 0.466. The van der Waals surface area contributed by atoms with Gasteiger partial charge in [-0.3, -0.25) is 0 Å². The molecule has 0 fully saturated rings. The first-order valence-corrected chi connectivity index (χ1v) is 3.21. The second-order valence-corrected chi connectivity index (χ2v) is 2.31. The Morgan fingerprint density at radius 2 is 1.90 bits per heavy atom. The van der Waals surface area contributed by atoms with Gasteiger partial charge in [0.05, 0.1) is 0 Å². The molecule has 2 rings (SSSR count). The van der Waals surface area contributed by atoms with Crippen molar-refractivity contribution in [3.63, 3.8) is 0 Å². The van der Waals surface area contributed by atoms with Crippen LogP contribution in [0.3, 0.4) is 0 Å². The molecule has 1 aliphatic carbocycles. The number of benzene rings is 1. The lowest BCUT2D eigenvalue weighted by Crippen LogP contribution is -1.76. The lowest BCUT2D eigenvalue weighted by atomic mass is 10.1. The summed E-state index contributed by atoms with van der Waals surface area (Å²) in [5.41, 5.74) is 2.84. The van der Waals surface area contributed by atoms with E-state index < -0.39 is 0 Å². The lowest BCUT2D eigenvalue weighted by Gasteiger charge is -1.93. The zero-order valence-corrected chi connectivity index (χ0v) is 5.75. The van der Waals surface area contributed by atoms with E-state index in [0.717, 1.165) is 6.42 Å². The monoisotopic (exact) mass is 127 g/mol. The fraction of sp³-hybridized carbons (Fsp3) is 0.111. The van der Waals surface area contributed by atoms with Gasteiger partial charge in [-0.05, 0) is 17.5 Å². The summed E-state index contributed by atoms with van der Waals surface area (Å²) in [4.78, 5) is 0. The molecule has 10 heavy (non-hydrogen) atoms. The molecule has 1 aromatic carbocycles. The molecule has 1 aromatic rings. The van der Waals surface area contributed by atoms with Crippen LogP contribution in [0, 0.1) is 0 Å². The summed E-state index contributed by atoms with van der Waals surface area (Å²) in [6.45, 7) is 0. The van der Waals surface area contributed by atoms with E-state index in [1.807, 2.05) is 0 Å². The van der Waals surface area contributed by atoms with Crippen LogP contribution in [0.2, 0.25) is 0 Å². The Kier molecular flexibility index (Phi) is 1.95. The Morgan fingerprint density at radius 1 is 1.10 bits per heavy atom. The third-order valence-corrected chi connectivity index (χ3v) is 1.69. The minimum absolute atomic E-state index is 0. The molecule has 0 unspecified atom stereocenters. The Labute approximate surface area is 63.2 Å². The maximum absolute atomic E-state index is 2.20. The van der Waals surface area contributed by atoms with Crippen molar-refractivity contribution in [1.29, 1.82) is 0 Å². The van der Waals surface area contributed by atoms with Crippen molar-refractivity contribution < 1.29 is 0 Å². The predicted molar refractivity (Wildman–Crippen MR) is 44.9 cm³/mol. The Hall–Kier alpha value is -0.975. The van der Waals surface area contributed by atoms with Crippen molar-refractivity contribution in [2.24, 2.45) is 0 Å². The highest BCUT2D eigenvalue weighted by Crippen LogP contribution is 2.17. The number of hydrogen-bond acceptors (Lipinski definition) is 0. The van der Waals surface area contributed by atoms with Gasteiger partial charge in [-0.1, -0.05) is 36.4 Å². The molecule has 1 aliphatic rings. The number of rotatable bonds is 0. The van der Waals surface area contributed by atoms with Crippen molar-refractivity contribution in [2.75, 3.05) is 0 Å². The molecule has 0 saturated carbocycles. The standard InChI is InChI=1S/C9H8.B/c1-2-5-9-7-3-6-8(9)4-1;/h1-6H,7H2;. The van der Waals surface area contributed by atoms with Gasteiger partial charge in [0.1, 0.15) is 0 Å². The van der Waals surface area contributed by atoms with E-state index in [2.05, 4.69) is 36.4 Å². The normalized spacial score (nSPS) is 12.4. The van der Waals surface area contributed by atoms with Crippen LogP contribution in [0.15, 0.2) is 30.3 Å². The third-order valence-electron chi connectivity index (χ3n) is 1.69. The smallest absolute Gasteiger partial charge is 0 e. The summed E-state index contributed by atoms with van der Waals surface area (Å²) in [5, 5.41) is 0. The van der Waals surface area contributed by atoms with E-state index in [0.29, 0.717) is 0 Å². The molecule has 0 heterocycles. The number of allylic oxidation sites excluding steroid dienone is 1. The van der Waals surface area contributed by atoms with Gasteiger partial charge in [-0.25, -0.2) is 0 Å². The average Bonchev–Trinajstić information content (AvgIpc) is 2.33. The van der Waals surface area contributed by atoms with Gasteiger partial charge in [0, 0.05) is 8.41 Å². The molecule has 1 heteroatoms. The first-order chi connectivity index (χ1) is 4.47. The van der Waals surface area contributed by atoms with Crippen LogP contribution in [0.25, 0.3) is 6.08 Å². The van der Waals surface area contributed by atoms with Crippen LogP contribution in [-0.2, 0) is 6.42 Å². The first-order valence-electron chi connectivity index (χ1n) is 3.21. The minimum atomic E-state index is 0. The van der Waals surface area contributed by atoms with Crippen LogP contribution in [0.4, 0.5) is 0 Å². The third kappa shape index (κ3) is 0.993. The molecule has 0 N–H and O–H groups in total. The van der Waals surface area contributed by atoms with E-state index in [9.17, 15) is 0 Å². The predicted octanol–water partition coefficient (Wildman–Crippen LogP) is 1.88. The maximum atomic E-state index is 2.20. The highest BCUT2D eigenvalue weighted by molar-refractivity contribution is 5.75. The molecule has 47 valence electrons. The van der Waals surface area contributed by atoms with E-state index in [-0.39, 0.29) is 8.41 Å². The fourth-order valence-corrected chi connectivity index (χ4v) is 1.20. The van der Waals surface area contributed by atoms with Crippen LogP contribution >= 0.6 is 0 Å². The van der Waals surface area contributed by atoms with Crippen LogP contribution in [-0.4, -0.2) is 8.41 Å². The number of fused-ring (bicyclic) bond motifs is 1. The zero-order valence-electron chi connectivity index (χ0n) is 5.75. The lowest BCUT2D eigenvalue weighted by molar-refractivity contribution is 1.31. The second-order valence-electron chi connectivity index (χ2n) is 2.31. The van der Waals surface area contributed by atoms with Gasteiger partial charge >= 0.3 is 0 Å². The van der Waals surface area contributed by atoms with E-state index in [1.165, 1.54) is 11.1 Å². The van der Waals surface area contributed by atoms with E-state index >= 15 is 0 Å². The molecule has 0 nitrogen and oxygen atoms in total. The molecule has 0 amide bonds. The zero-order chi connectivity index (χ0) is 6.10. The average molecular weight is 127 g/mol. The highest BCUT2D eigenvalue weighted by atomic mass is 14.0. The summed E-state index contributed by atoms with van der Waals surface area (Å²) >= 11 is 0. The summed E-state index contributed by atoms with van der Waals surface area (Å²) < 4.78 is 0. The van der Waals surface area contributed by atoms with Gasteiger partial charge in [0.25, 0.3) is 0 Å². The van der Waals surface area contributed by atoms with E-state index in [1.54, 1.807) is 0 Å². The number of hydrogen-bond donors (Lipinski definition) is 0. The molecular formula is C9H8B. The van der Waals surface area contributed by atoms with Gasteiger partial charge in [0.2, 0.25) is 0 Å². The van der Waals surface area contributed by atoms with Crippen molar-refractivity contribution >= 4 is 14.5 Å². The summed E-state index contributed by atoms with van der Waals surface area (Å²) in [6, 6.07) is 8.49. The Morgan fingerprint density at radius 3 is 2.70 bits per heavy atom. The molecule has 0 aromatic heterocycles. The molecule has 0 atom stereocenters. The van der Waals surface area contributed by atoms with Crippen molar-refractivity contribution in [3.05, 3.63) is 41.5 Å². The highest BCUT2D eigenvalue weighted by Gasteiger charge is 2.00. The molecule has 3 radical (unpaired) electrons. The van der Waals surface area contributed by atoms with E-state index in [4.69, 9.17) is 0 Å². The van der Waals surface area contributed by atoms with Crippen LogP contribution in [0.1, 0.15) is 11.1 Å². The van der Waals surface area contributed by atoms with Crippen molar-refractivity contribution in [3.8, 4) is 0 Å². The van der Waals surface area contributed by atoms with Gasteiger partial charge in [-0.15, -0.1) is 0 Å². The topological polar surface area (TPSA) is 0 Å². The van der Waals surface area contributed by atoms with Crippen LogP contribution < -0.4 is 0 Å². The van der Waals surface area contributed by atoms with Crippen LogP contribution in [0.5, 0.6) is 0 Å². The second kappa shape index (κ2) is 2.74. The minimum Gasteiger partial charge on any atom is -0.0795 e. The Bertz CT molecular complexity index is 251. The van der Waals surface area contributed by atoms with Gasteiger partial charge < -0.3 is 0 Å². The summed E-state index contributed by atoms with van der Waals surface area (Å²) in [6.07, 6.45) is 5.50. The van der Waals surface area contributed by atoms with Gasteiger partial charge in [0.15, 0.2) is 0 Å². The molecule has 0 saturated heterocycles. The molecule has 0 spiro atoms. The first kappa shape index (κ1) is 7.14. The van der Waals surface area contributed by atoms with Crippen molar-refractivity contribution in [1.82, 2.24) is 0 Å². The molecular weight excluding hydrogens is 119 g/mol. The Balaban J connectivity index is 0.000000500. The maximum Gasteiger partial charge on any atom is 0 e. The summed E-state index contributed by atoms with van der Waals surface area (Å²) in [7, 11) is 0. The largest absolute Gasteiger partial charge is 0.0795 e. The molecule has 0 aliphatic heterocycles. The summed E-state index contributed by atoms with van der Waals surface area (Å²) in [5.74, 6) is 0. The van der Waals surface area contributed by atoms with Gasteiger partial charge in [-0.2, -0.15) is 0 Å². The SMILES string of the molecule is C1=Cc2ccccc2C1.[B]. The molecule has 0 bridgehead atoms. The fourth-order valence-electron chi connectivity index (χ4n) is 1.20.